The third-order valence-corrected chi connectivity index (χ3v) is 2.47. The zero-order valence-electron chi connectivity index (χ0n) is 7.61. The lowest BCUT2D eigenvalue weighted by molar-refractivity contribution is 0.477. The highest BCUT2D eigenvalue weighted by molar-refractivity contribution is 6.36. The van der Waals surface area contributed by atoms with Crippen LogP contribution in [0.1, 0.15) is 0 Å². The van der Waals surface area contributed by atoms with Crippen molar-refractivity contribution in [3.63, 3.8) is 0 Å². The minimum atomic E-state index is 0.0335. The van der Waals surface area contributed by atoms with Gasteiger partial charge in [-0.1, -0.05) is 29.3 Å². The van der Waals surface area contributed by atoms with Gasteiger partial charge in [0.05, 0.1) is 16.3 Å². The van der Waals surface area contributed by atoms with Gasteiger partial charge < -0.3 is 5.11 Å². The van der Waals surface area contributed by atoms with Crippen LogP contribution in [0.5, 0.6) is 5.75 Å². The second kappa shape index (κ2) is 4.09. The molecule has 1 aromatic carbocycles. The fourth-order valence-corrected chi connectivity index (χ4v) is 1.90. The van der Waals surface area contributed by atoms with Gasteiger partial charge in [0.25, 0.3) is 0 Å². The van der Waals surface area contributed by atoms with E-state index in [2.05, 4.69) is 4.98 Å². The number of aromatic nitrogens is 1. The second-order valence-corrected chi connectivity index (χ2v) is 3.84. The van der Waals surface area contributed by atoms with Gasteiger partial charge in [0.15, 0.2) is 0 Å². The number of pyridine rings is 1. The maximum atomic E-state index is 9.72. The van der Waals surface area contributed by atoms with Crippen LogP contribution in [0.15, 0.2) is 36.5 Å². The van der Waals surface area contributed by atoms with Crippen molar-refractivity contribution in [3.8, 4) is 17.0 Å². The monoisotopic (exact) mass is 239 g/mol. The average Bonchev–Trinajstić information content (AvgIpc) is 2.17. The largest absolute Gasteiger partial charge is 0.507 e. The third kappa shape index (κ3) is 2.06. The predicted octanol–water partition coefficient (Wildman–Crippen LogP) is 3.76. The van der Waals surface area contributed by atoms with Crippen LogP contribution in [0.4, 0.5) is 0 Å². The van der Waals surface area contributed by atoms with E-state index >= 15 is 0 Å². The van der Waals surface area contributed by atoms with Gasteiger partial charge in [0.1, 0.15) is 5.75 Å². The van der Waals surface area contributed by atoms with Crippen molar-refractivity contribution >= 4 is 23.2 Å². The van der Waals surface area contributed by atoms with Crippen molar-refractivity contribution < 1.29 is 5.11 Å². The smallest absolute Gasteiger partial charge is 0.127 e. The quantitative estimate of drug-likeness (QED) is 0.823. The fraction of sp³-hybridized carbons (Fsp3) is 0. The van der Waals surface area contributed by atoms with E-state index in [9.17, 15) is 5.11 Å². The standard InChI is InChI=1S/C11H7Cl2NO/c12-7-5-8(13)11(10(15)6-7)9-3-1-2-4-14-9/h1-6,15H. The molecule has 0 amide bonds. The van der Waals surface area contributed by atoms with Crippen LogP contribution in [-0.2, 0) is 0 Å². The molecule has 1 heterocycles. The van der Waals surface area contributed by atoms with Gasteiger partial charge >= 0.3 is 0 Å². The molecule has 0 aliphatic rings. The summed E-state index contributed by atoms with van der Waals surface area (Å²) >= 11 is 11.7. The van der Waals surface area contributed by atoms with Gasteiger partial charge in [0.2, 0.25) is 0 Å². The summed E-state index contributed by atoms with van der Waals surface area (Å²) in [7, 11) is 0. The van der Waals surface area contributed by atoms with E-state index < -0.39 is 0 Å². The van der Waals surface area contributed by atoms with E-state index in [1.165, 1.54) is 6.07 Å². The summed E-state index contributed by atoms with van der Waals surface area (Å²) in [6.07, 6.45) is 1.64. The number of phenolic OH excluding ortho intramolecular Hbond substituents is 1. The number of rotatable bonds is 1. The molecule has 15 heavy (non-hydrogen) atoms. The highest BCUT2D eigenvalue weighted by Gasteiger charge is 2.11. The van der Waals surface area contributed by atoms with Gasteiger partial charge in [-0.25, -0.2) is 0 Å². The number of aromatic hydroxyl groups is 1. The lowest BCUT2D eigenvalue weighted by Gasteiger charge is -2.06. The first-order valence-corrected chi connectivity index (χ1v) is 5.03. The maximum absolute atomic E-state index is 9.72. The van der Waals surface area contributed by atoms with E-state index in [0.29, 0.717) is 21.3 Å². The Hall–Kier alpha value is -1.25. The Balaban J connectivity index is 2.64. The molecule has 0 saturated carbocycles. The normalized spacial score (nSPS) is 10.3. The van der Waals surface area contributed by atoms with E-state index in [0.717, 1.165) is 0 Å². The van der Waals surface area contributed by atoms with Crippen molar-refractivity contribution in [2.45, 2.75) is 0 Å². The number of hydrogen-bond acceptors (Lipinski definition) is 2. The van der Waals surface area contributed by atoms with Crippen molar-refractivity contribution in [1.82, 2.24) is 4.98 Å². The molecule has 2 aromatic rings. The topological polar surface area (TPSA) is 33.1 Å². The van der Waals surface area contributed by atoms with Crippen molar-refractivity contribution in [2.75, 3.05) is 0 Å². The van der Waals surface area contributed by atoms with Crippen molar-refractivity contribution in [3.05, 3.63) is 46.6 Å². The first kappa shape index (κ1) is 10.3. The van der Waals surface area contributed by atoms with Crippen LogP contribution in [0, 0.1) is 0 Å². The molecule has 0 aliphatic carbocycles. The number of benzene rings is 1. The molecule has 0 spiro atoms. The summed E-state index contributed by atoms with van der Waals surface area (Å²) in [6, 6.07) is 8.41. The Morgan fingerprint density at radius 2 is 1.93 bits per heavy atom. The van der Waals surface area contributed by atoms with Crippen LogP contribution in [0.25, 0.3) is 11.3 Å². The predicted molar refractivity (Wildman–Crippen MR) is 61.4 cm³/mol. The lowest BCUT2D eigenvalue weighted by atomic mass is 10.1. The second-order valence-electron chi connectivity index (χ2n) is 3.00. The average molecular weight is 240 g/mol. The summed E-state index contributed by atoms with van der Waals surface area (Å²) in [5.41, 5.74) is 1.12. The van der Waals surface area contributed by atoms with Crippen molar-refractivity contribution in [2.24, 2.45) is 0 Å². The van der Waals surface area contributed by atoms with E-state index in [1.54, 1.807) is 24.4 Å². The molecule has 0 radical (unpaired) electrons. The van der Waals surface area contributed by atoms with Gasteiger partial charge in [-0.3, -0.25) is 4.98 Å². The molecule has 4 heteroatoms. The first-order chi connectivity index (χ1) is 7.18. The Bertz CT molecular complexity index is 462. The van der Waals surface area contributed by atoms with Crippen LogP contribution in [-0.4, -0.2) is 10.1 Å². The highest BCUT2D eigenvalue weighted by Crippen LogP contribution is 2.36. The van der Waals surface area contributed by atoms with Crippen LogP contribution in [0.2, 0.25) is 10.0 Å². The van der Waals surface area contributed by atoms with Crippen molar-refractivity contribution in [1.29, 1.82) is 0 Å². The lowest BCUT2D eigenvalue weighted by Crippen LogP contribution is -1.84. The highest BCUT2D eigenvalue weighted by atomic mass is 35.5. The Kier molecular flexibility index (Phi) is 2.80. The summed E-state index contributed by atoms with van der Waals surface area (Å²) in [5.74, 6) is 0.0335. The molecule has 0 fully saturated rings. The molecule has 0 bridgehead atoms. The van der Waals surface area contributed by atoms with E-state index in [1.807, 2.05) is 6.07 Å². The number of phenols is 1. The minimum absolute atomic E-state index is 0.0335. The van der Waals surface area contributed by atoms with E-state index in [-0.39, 0.29) is 5.75 Å². The minimum Gasteiger partial charge on any atom is -0.507 e. The molecule has 0 unspecified atom stereocenters. The van der Waals surface area contributed by atoms with Crippen LogP contribution < -0.4 is 0 Å². The summed E-state index contributed by atoms with van der Waals surface area (Å²) in [4.78, 5) is 4.11. The SMILES string of the molecule is Oc1cc(Cl)cc(Cl)c1-c1ccccn1. The number of halogens is 2. The van der Waals surface area contributed by atoms with Crippen LogP contribution in [0.3, 0.4) is 0 Å². The van der Waals surface area contributed by atoms with Gasteiger partial charge in [-0.05, 0) is 24.3 Å². The fourth-order valence-electron chi connectivity index (χ4n) is 1.32. The molecule has 2 rings (SSSR count). The summed E-state index contributed by atoms with van der Waals surface area (Å²) < 4.78 is 0. The first-order valence-electron chi connectivity index (χ1n) is 4.28. The summed E-state index contributed by atoms with van der Waals surface area (Å²) in [6.45, 7) is 0. The molecule has 2 nitrogen and oxygen atoms in total. The zero-order chi connectivity index (χ0) is 10.8. The summed E-state index contributed by atoms with van der Waals surface area (Å²) in [5, 5.41) is 10.5. The zero-order valence-corrected chi connectivity index (χ0v) is 9.13. The third-order valence-electron chi connectivity index (χ3n) is 1.96. The molecule has 0 atom stereocenters. The molecule has 1 N–H and O–H groups in total. The maximum Gasteiger partial charge on any atom is 0.127 e. The molecular formula is C11H7Cl2NO. The Morgan fingerprint density at radius 3 is 2.53 bits per heavy atom. The molecule has 76 valence electrons. The molecule has 1 aromatic heterocycles. The molecule has 0 saturated heterocycles. The van der Waals surface area contributed by atoms with Gasteiger partial charge in [-0.2, -0.15) is 0 Å². The van der Waals surface area contributed by atoms with Gasteiger partial charge in [-0.15, -0.1) is 0 Å². The molecule has 0 aliphatic heterocycles. The number of hydrogen-bond donors (Lipinski definition) is 1. The van der Waals surface area contributed by atoms with Gasteiger partial charge in [0, 0.05) is 11.2 Å². The Morgan fingerprint density at radius 1 is 1.13 bits per heavy atom. The Labute approximate surface area is 97.1 Å². The molecular weight excluding hydrogens is 233 g/mol. The van der Waals surface area contributed by atoms with E-state index in [4.69, 9.17) is 23.2 Å². The number of nitrogens with zero attached hydrogens (tertiary/aromatic N) is 1. The van der Waals surface area contributed by atoms with Crippen LogP contribution >= 0.6 is 23.2 Å².